The van der Waals surface area contributed by atoms with Gasteiger partial charge in [0.15, 0.2) is 23.0 Å². The number of hydrogen-bond donors (Lipinski definition) is 0. The third kappa shape index (κ3) is 5.64. The summed E-state index contributed by atoms with van der Waals surface area (Å²) in [6.07, 6.45) is 0. The molecule has 0 aromatic heterocycles. The molecule has 8 rings (SSSR count). The smallest absolute Gasteiger partial charge is 0.246 e. The van der Waals surface area contributed by atoms with E-state index < -0.39 is 27.4 Å². The molecule has 4 nitrogen and oxygen atoms in total. The van der Waals surface area contributed by atoms with Crippen molar-refractivity contribution >= 4 is 47.7 Å². The van der Waals surface area contributed by atoms with E-state index in [4.69, 9.17) is 18.9 Å². The molecule has 0 atom stereocenters. The molecule has 0 bridgehead atoms. The predicted octanol–water partition coefficient (Wildman–Crippen LogP) is 7.88. The minimum absolute atomic E-state index is 0.723. The number of hydrogen-bond acceptors (Lipinski definition) is 4. The zero-order valence-corrected chi connectivity index (χ0v) is 29.2. The van der Waals surface area contributed by atoms with Crippen LogP contribution in [0.1, 0.15) is 27.7 Å². The summed E-state index contributed by atoms with van der Waals surface area (Å²) in [5, 5.41) is 7.33. The Kier molecular flexibility index (Phi) is 7.75. The second-order valence-corrected chi connectivity index (χ2v) is 17.2. The predicted molar refractivity (Wildman–Crippen MR) is 200 cm³/mol. The lowest BCUT2D eigenvalue weighted by Gasteiger charge is -2.28. The Morgan fingerprint density at radius 2 is 0.646 bits per heavy atom. The van der Waals surface area contributed by atoms with Crippen LogP contribution in [0.3, 0.4) is 0 Å². The number of ether oxygens (including phenoxy) is 4. The Bertz CT molecular complexity index is 1850. The summed E-state index contributed by atoms with van der Waals surface area (Å²) in [7, 11) is -2.05. The molecule has 0 aliphatic carbocycles. The molecule has 48 heavy (non-hydrogen) atoms. The fourth-order valence-corrected chi connectivity index (χ4v) is 11.5. The summed E-state index contributed by atoms with van der Waals surface area (Å²) < 4.78 is 26.5. The SMILES string of the molecule is CC1(C)Oc2ccc(P(c3ccccc3)c3ccccc3)c(-c3c(P(c4ccccc4)c4ccccc4)ccc4c3OC(C)(C)O4)c2O1. The maximum Gasteiger partial charge on any atom is 0.246 e. The number of fused-ring (bicyclic) bond motifs is 2. The van der Waals surface area contributed by atoms with E-state index in [0.29, 0.717) is 0 Å². The van der Waals surface area contributed by atoms with Gasteiger partial charge in [0, 0.05) is 38.8 Å². The van der Waals surface area contributed by atoms with E-state index in [-0.39, 0.29) is 0 Å². The lowest BCUT2D eigenvalue weighted by molar-refractivity contribution is -0.0442. The van der Waals surface area contributed by atoms with E-state index >= 15 is 0 Å². The van der Waals surface area contributed by atoms with Gasteiger partial charge in [-0.15, -0.1) is 0 Å². The maximum atomic E-state index is 6.80. The molecule has 0 radical (unpaired) electrons. The van der Waals surface area contributed by atoms with Gasteiger partial charge in [0.25, 0.3) is 0 Å². The first kappa shape index (κ1) is 30.7. The molecule has 0 saturated heterocycles. The maximum absolute atomic E-state index is 6.80. The minimum atomic E-state index is -1.02. The Balaban J connectivity index is 1.50. The highest BCUT2D eigenvalue weighted by Gasteiger charge is 2.42. The Hall–Kier alpha value is -4.62. The van der Waals surface area contributed by atoms with E-state index in [1.165, 1.54) is 31.8 Å². The van der Waals surface area contributed by atoms with Crippen molar-refractivity contribution in [2.75, 3.05) is 0 Å². The van der Waals surface area contributed by atoms with E-state index in [1.807, 2.05) is 27.7 Å². The molecule has 6 aromatic rings. The van der Waals surface area contributed by atoms with Crippen LogP contribution in [0.15, 0.2) is 146 Å². The molecule has 0 fully saturated rings. The molecule has 6 aromatic carbocycles. The summed E-state index contributed by atoms with van der Waals surface area (Å²) in [4.78, 5) is 0. The van der Waals surface area contributed by atoms with Gasteiger partial charge in [-0.1, -0.05) is 121 Å². The van der Waals surface area contributed by atoms with Gasteiger partial charge >= 0.3 is 0 Å². The average Bonchev–Trinajstić information content (AvgIpc) is 3.60. The lowest BCUT2D eigenvalue weighted by atomic mass is 10.0. The van der Waals surface area contributed by atoms with Crippen molar-refractivity contribution in [2.45, 2.75) is 39.3 Å². The van der Waals surface area contributed by atoms with E-state index in [1.54, 1.807) is 0 Å². The summed E-state index contributed by atoms with van der Waals surface area (Å²) in [5.74, 6) is 1.24. The molecule has 2 aliphatic heterocycles. The molecule has 238 valence electrons. The number of benzene rings is 6. The molecule has 2 aliphatic rings. The van der Waals surface area contributed by atoms with Crippen LogP contribution < -0.4 is 50.8 Å². The van der Waals surface area contributed by atoms with Crippen molar-refractivity contribution in [1.29, 1.82) is 0 Å². The van der Waals surface area contributed by atoms with Crippen LogP contribution in [0.5, 0.6) is 23.0 Å². The van der Waals surface area contributed by atoms with Gasteiger partial charge in [-0.05, 0) is 71.9 Å². The molecular weight excluding hydrogens is 630 g/mol. The third-order valence-corrected chi connectivity index (χ3v) is 13.4. The molecule has 0 N–H and O–H groups in total. The molecule has 0 spiro atoms. The molecule has 0 amide bonds. The van der Waals surface area contributed by atoms with E-state index in [2.05, 4.69) is 146 Å². The van der Waals surface area contributed by atoms with Gasteiger partial charge in [-0.2, -0.15) is 0 Å². The van der Waals surface area contributed by atoms with E-state index in [9.17, 15) is 0 Å². The first-order valence-electron chi connectivity index (χ1n) is 16.2. The van der Waals surface area contributed by atoms with Crippen molar-refractivity contribution in [3.05, 3.63) is 146 Å². The highest BCUT2D eigenvalue weighted by molar-refractivity contribution is 7.80. The van der Waals surface area contributed by atoms with Crippen molar-refractivity contribution in [2.24, 2.45) is 0 Å². The van der Waals surface area contributed by atoms with Crippen LogP contribution in [-0.2, 0) is 0 Å². The second kappa shape index (κ2) is 12.1. The first-order valence-corrected chi connectivity index (χ1v) is 18.9. The highest BCUT2D eigenvalue weighted by atomic mass is 31.1. The topological polar surface area (TPSA) is 36.9 Å². The molecule has 2 heterocycles. The van der Waals surface area contributed by atoms with Gasteiger partial charge in [0.1, 0.15) is 0 Å². The quantitative estimate of drug-likeness (QED) is 0.163. The van der Waals surface area contributed by atoms with Crippen LogP contribution in [0.25, 0.3) is 11.1 Å². The fourth-order valence-electron chi connectivity index (χ4n) is 6.55. The van der Waals surface area contributed by atoms with Gasteiger partial charge in [0.05, 0.1) is 0 Å². The van der Waals surface area contributed by atoms with Crippen molar-refractivity contribution in [3.8, 4) is 34.1 Å². The van der Waals surface area contributed by atoms with Gasteiger partial charge in [-0.25, -0.2) is 0 Å². The van der Waals surface area contributed by atoms with Crippen LogP contribution in [0.4, 0.5) is 0 Å². The van der Waals surface area contributed by atoms with Crippen molar-refractivity contribution in [3.63, 3.8) is 0 Å². The standard InChI is InChI=1S/C42H36O4P2/c1-41(2)43-33-25-27-35(47(29-17-9-5-10-18-29)30-19-11-6-12-20-30)37(39(33)45-41)38-36(28-26-34-40(38)46-42(3,4)44-34)48(31-21-13-7-14-22-31)32-23-15-8-16-24-32/h5-28H,1-4H3. The molecule has 0 saturated carbocycles. The summed E-state index contributed by atoms with van der Waals surface area (Å²) in [5.41, 5.74) is 1.98. The van der Waals surface area contributed by atoms with E-state index in [0.717, 1.165) is 34.1 Å². The minimum Gasteiger partial charge on any atom is -0.449 e. The van der Waals surface area contributed by atoms with Gasteiger partial charge in [-0.3, -0.25) is 0 Å². The Morgan fingerprint density at radius 1 is 0.354 bits per heavy atom. The highest BCUT2D eigenvalue weighted by Crippen LogP contribution is 2.56. The first-order chi connectivity index (χ1) is 23.3. The van der Waals surface area contributed by atoms with Crippen LogP contribution in [-0.4, -0.2) is 11.6 Å². The zero-order chi connectivity index (χ0) is 32.9. The van der Waals surface area contributed by atoms with Crippen molar-refractivity contribution in [1.82, 2.24) is 0 Å². The molecular formula is C42H36O4P2. The van der Waals surface area contributed by atoms with Crippen LogP contribution in [0.2, 0.25) is 0 Å². The monoisotopic (exact) mass is 666 g/mol. The normalized spacial score (nSPS) is 15.2. The Morgan fingerprint density at radius 3 is 0.938 bits per heavy atom. The second-order valence-electron chi connectivity index (χ2n) is 12.8. The Labute approximate surface area is 284 Å². The summed E-state index contributed by atoms with van der Waals surface area (Å²) in [6, 6.07) is 51.8. The fraction of sp³-hybridized carbons (Fsp3) is 0.143. The van der Waals surface area contributed by atoms with Crippen molar-refractivity contribution < 1.29 is 18.9 Å². The van der Waals surface area contributed by atoms with Crippen LogP contribution >= 0.6 is 15.8 Å². The number of rotatable bonds is 7. The molecule has 0 unspecified atom stereocenters. The van der Waals surface area contributed by atoms with Gasteiger partial charge < -0.3 is 18.9 Å². The third-order valence-electron chi connectivity index (χ3n) is 8.40. The summed E-state index contributed by atoms with van der Waals surface area (Å²) in [6.45, 7) is 7.86. The van der Waals surface area contributed by atoms with Crippen LogP contribution in [0, 0.1) is 0 Å². The average molecular weight is 667 g/mol. The lowest BCUT2D eigenvalue weighted by Crippen LogP contribution is -2.31. The summed E-state index contributed by atoms with van der Waals surface area (Å²) >= 11 is 0. The zero-order valence-electron chi connectivity index (χ0n) is 27.4. The largest absolute Gasteiger partial charge is 0.449 e. The van der Waals surface area contributed by atoms with Gasteiger partial charge in [0.2, 0.25) is 11.6 Å². The molecule has 6 heteroatoms.